The van der Waals surface area contributed by atoms with E-state index in [2.05, 4.69) is 5.10 Å². The zero-order valence-electron chi connectivity index (χ0n) is 8.21. The van der Waals surface area contributed by atoms with Crippen LogP contribution in [-0.2, 0) is 7.05 Å². The Morgan fingerprint density at radius 2 is 2.07 bits per heavy atom. The Bertz CT molecular complexity index is 546. The van der Waals surface area contributed by atoms with Crippen molar-refractivity contribution < 1.29 is 5.11 Å². The largest absolute Gasteiger partial charge is 0.508 e. The highest BCUT2D eigenvalue weighted by Crippen LogP contribution is 2.19. The van der Waals surface area contributed by atoms with Gasteiger partial charge in [0.1, 0.15) is 5.75 Å². The minimum Gasteiger partial charge on any atom is -0.508 e. The third-order valence-electron chi connectivity index (χ3n) is 2.10. The standard InChI is InChI=1S/C11H10N2O2/c1-13-11(15)6-5-10(12-13)8-3-2-4-9(14)7-8/h2-7,14H,1H3. The minimum absolute atomic E-state index is 0.154. The van der Waals surface area contributed by atoms with Gasteiger partial charge in [0.2, 0.25) is 0 Å². The van der Waals surface area contributed by atoms with Gasteiger partial charge in [-0.05, 0) is 18.2 Å². The van der Waals surface area contributed by atoms with Gasteiger partial charge in [0.15, 0.2) is 0 Å². The molecule has 15 heavy (non-hydrogen) atoms. The van der Waals surface area contributed by atoms with Crippen LogP contribution in [0.3, 0.4) is 0 Å². The molecular formula is C11H10N2O2. The summed E-state index contributed by atoms with van der Waals surface area (Å²) in [6.45, 7) is 0. The highest BCUT2D eigenvalue weighted by atomic mass is 16.3. The lowest BCUT2D eigenvalue weighted by molar-refractivity contribution is 0.475. The number of rotatable bonds is 1. The van der Waals surface area contributed by atoms with Gasteiger partial charge in [0, 0.05) is 18.7 Å². The Morgan fingerprint density at radius 1 is 1.27 bits per heavy atom. The van der Waals surface area contributed by atoms with E-state index in [1.165, 1.54) is 10.7 Å². The third-order valence-corrected chi connectivity index (χ3v) is 2.10. The van der Waals surface area contributed by atoms with E-state index in [0.29, 0.717) is 5.69 Å². The van der Waals surface area contributed by atoms with Gasteiger partial charge >= 0.3 is 0 Å². The number of aromatic hydroxyl groups is 1. The number of benzene rings is 1. The molecule has 1 aromatic heterocycles. The van der Waals surface area contributed by atoms with Crippen LogP contribution in [-0.4, -0.2) is 14.9 Å². The molecule has 1 N–H and O–H groups in total. The fourth-order valence-corrected chi connectivity index (χ4v) is 1.32. The van der Waals surface area contributed by atoms with E-state index in [1.807, 2.05) is 6.07 Å². The Kier molecular flexibility index (Phi) is 2.25. The average molecular weight is 202 g/mol. The number of nitrogens with zero attached hydrogens (tertiary/aromatic N) is 2. The van der Waals surface area contributed by atoms with Crippen LogP contribution in [0, 0.1) is 0 Å². The first-order valence-electron chi connectivity index (χ1n) is 4.50. The van der Waals surface area contributed by atoms with Gasteiger partial charge in [-0.1, -0.05) is 12.1 Å². The van der Waals surface area contributed by atoms with E-state index in [1.54, 1.807) is 31.3 Å². The summed E-state index contributed by atoms with van der Waals surface area (Å²) in [5.41, 5.74) is 1.29. The monoisotopic (exact) mass is 202 g/mol. The second-order valence-corrected chi connectivity index (χ2v) is 3.23. The molecule has 0 aliphatic rings. The highest BCUT2D eigenvalue weighted by Gasteiger charge is 2.01. The molecule has 0 unspecified atom stereocenters. The quantitative estimate of drug-likeness (QED) is 0.754. The third kappa shape index (κ3) is 1.88. The Balaban J connectivity index is 2.55. The van der Waals surface area contributed by atoms with Gasteiger partial charge in [0.05, 0.1) is 5.69 Å². The second kappa shape index (κ2) is 3.57. The molecule has 1 heterocycles. The molecule has 0 spiro atoms. The molecule has 1 aromatic carbocycles. The number of hydrogen-bond acceptors (Lipinski definition) is 3. The molecule has 76 valence electrons. The number of phenolic OH excluding ortho intramolecular Hbond substituents is 1. The van der Waals surface area contributed by atoms with Crippen LogP contribution in [0.5, 0.6) is 5.75 Å². The van der Waals surface area contributed by atoms with Crippen molar-refractivity contribution in [2.24, 2.45) is 7.05 Å². The lowest BCUT2D eigenvalue weighted by Gasteiger charge is -2.02. The first kappa shape index (κ1) is 9.45. The lowest BCUT2D eigenvalue weighted by atomic mass is 10.1. The van der Waals surface area contributed by atoms with Crippen LogP contribution in [0.1, 0.15) is 0 Å². The summed E-state index contributed by atoms with van der Waals surface area (Å²) in [6.07, 6.45) is 0. The average Bonchev–Trinajstić information content (AvgIpc) is 2.22. The fourth-order valence-electron chi connectivity index (χ4n) is 1.32. The van der Waals surface area contributed by atoms with Crippen molar-refractivity contribution in [3.05, 3.63) is 46.8 Å². The van der Waals surface area contributed by atoms with E-state index >= 15 is 0 Å². The number of phenols is 1. The first-order valence-corrected chi connectivity index (χ1v) is 4.50. The Morgan fingerprint density at radius 3 is 2.73 bits per heavy atom. The van der Waals surface area contributed by atoms with E-state index < -0.39 is 0 Å². The molecular weight excluding hydrogens is 192 g/mol. The zero-order valence-corrected chi connectivity index (χ0v) is 8.21. The number of aromatic nitrogens is 2. The molecule has 0 atom stereocenters. The normalized spacial score (nSPS) is 10.2. The smallest absolute Gasteiger partial charge is 0.266 e. The molecule has 0 aliphatic heterocycles. The van der Waals surface area contributed by atoms with Crippen LogP contribution < -0.4 is 5.56 Å². The second-order valence-electron chi connectivity index (χ2n) is 3.23. The molecule has 2 aromatic rings. The first-order chi connectivity index (χ1) is 7.16. The fraction of sp³-hybridized carbons (Fsp3) is 0.0909. The molecule has 0 bridgehead atoms. The summed E-state index contributed by atoms with van der Waals surface area (Å²) in [5.74, 6) is 0.183. The summed E-state index contributed by atoms with van der Waals surface area (Å²) in [6, 6.07) is 9.84. The van der Waals surface area contributed by atoms with Gasteiger partial charge in [0.25, 0.3) is 5.56 Å². The molecule has 0 saturated heterocycles. The van der Waals surface area contributed by atoms with Crippen molar-refractivity contribution in [2.75, 3.05) is 0 Å². The van der Waals surface area contributed by atoms with E-state index in [-0.39, 0.29) is 11.3 Å². The molecule has 4 heteroatoms. The summed E-state index contributed by atoms with van der Waals surface area (Å²) < 4.78 is 1.26. The van der Waals surface area contributed by atoms with Crippen molar-refractivity contribution in [1.29, 1.82) is 0 Å². The maximum absolute atomic E-state index is 11.1. The summed E-state index contributed by atoms with van der Waals surface area (Å²) >= 11 is 0. The minimum atomic E-state index is -0.154. The highest BCUT2D eigenvalue weighted by molar-refractivity contribution is 5.60. The number of hydrogen-bond donors (Lipinski definition) is 1. The molecule has 2 rings (SSSR count). The predicted molar refractivity (Wildman–Crippen MR) is 56.6 cm³/mol. The van der Waals surface area contributed by atoms with E-state index in [9.17, 15) is 9.90 Å². The van der Waals surface area contributed by atoms with Crippen molar-refractivity contribution in [3.63, 3.8) is 0 Å². The maximum atomic E-state index is 11.1. The Labute approximate surface area is 86.4 Å². The molecule has 0 saturated carbocycles. The lowest BCUT2D eigenvalue weighted by Crippen LogP contribution is -2.18. The van der Waals surface area contributed by atoms with Crippen LogP contribution >= 0.6 is 0 Å². The summed E-state index contributed by atoms with van der Waals surface area (Å²) in [5, 5.41) is 13.4. The van der Waals surface area contributed by atoms with Crippen LogP contribution in [0.2, 0.25) is 0 Å². The van der Waals surface area contributed by atoms with E-state index in [0.717, 1.165) is 5.56 Å². The van der Waals surface area contributed by atoms with Gasteiger partial charge in [-0.2, -0.15) is 5.10 Å². The van der Waals surface area contributed by atoms with Crippen LogP contribution in [0.4, 0.5) is 0 Å². The number of aryl methyl sites for hydroxylation is 1. The summed E-state index contributed by atoms with van der Waals surface area (Å²) in [4.78, 5) is 11.1. The SMILES string of the molecule is Cn1nc(-c2cccc(O)c2)ccc1=O. The van der Waals surface area contributed by atoms with Crippen molar-refractivity contribution in [3.8, 4) is 17.0 Å². The predicted octanol–water partition coefficient (Wildman–Crippen LogP) is 1.15. The van der Waals surface area contributed by atoms with Gasteiger partial charge in [-0.3, -0.25) is 4.79 Å². The molecule has 0 fully saturated rings. The zero-order chi connectivity index (χ0) is 10.8. The van der Waals surface area contributed by atoms with Crippen molar-refractivity contribution >= 4 is 0 Å². The molecule has 0 amide bonds. The van der Waals surface area contributed by atoms with Crippen molar-refractivity contribution in [2.45, 2.75) is 0 Å². The Hall–Kier alpha value is -2.10. The van der Waals surface area contributed by atoms with Gasteiger partial charge in [-0.15, -0.1) is 0 Å². The molecule has 0 aliphatic carbocycles. The maximum Gasteiger partial charge on any atom is 0.266 e. The van der Waals surface area contributed by atoms with Crippen LogP contribution in [0.25, 0.3) is 11.3 Å². The van der Waals surface area contributed by atoms with Crippen molar-refractivity contribution in [1.82, 2.24) is 9.78 Å². The molecule has 0 radical (unpaired) electrons. The van der Waals surface area contributed by atoms with Crippen LogP contribution in [0.15, 0.2) is 41.2 Å². The van der Waals surface area contributed by atoms with E-state index in [4.69, 9.17) is 0 Å². The topological polar surface area (TPSA) is 55.1 Å². The summed E-state index contributed by atoms with van der Waals surface area (Å²) in [7, 11) is 1.59. The van der Waals surface area contributed by atoms with Gasteiger partial charge < -0.3 is 5.11 Å². The molecule has 4 nitrogen and oxygen atoms in total. The van der Waals surface area contributed by atoms with Gasteiger partial charge in [-0.25, -0.2) is 4.68 Å².